The maximum atomic E-state index is 12.6. The fourth-order valence-electron chi connectivity index (χ4n) is 3.24. The maximum Gasteiger partial charge on any atom is 0.312 e. The van der Waals surface area contributed by atoms with Crippen LogP contribution in [-0.2, 0) is 9.53 Å². The average molecular weight is 351 g/mol. The molecule has 1 saturated heterocycles. The first-order valence-electron chi connectivity index (χ1n) is 8.96. The van der Waals surface area contributed by atoms with Crippen molar-refractivity contribution in [1.82, 2.24) is 4.90 Å². The first kappa shape index (κ1) is 19.7. The van der Waals surface area contributed by atoms with Crippen molar-refractivity contribution in [1.29, 1.82) is 0 Å². The second kappa shape index (κ2) is 9.75. The summed E-state index contributed by atoms with van der Waals surface area (Å²) >= 11 is 0. The number of likely N-dealkylation sites (tertiary alicyclic amines) is 1. The van der Waals surface area contributed by atoms with Gasteiger partial charge in [0.05, 0.1) is 31.3 Å². The van der Waals surface area contributed by atoms with Gasteiger partial charge in [0.15, 0.2) is 0 Å². The smallest absolute Gasteiger partial charge is 0.312 e. The number of hydrogen-bond acceptors (Lipinski definition) is 6. The molecule has 0 spiro atoms. The number of β-amino-alcohol motifs (C(OH)–C–C–N with tert-alkyl or cyclic N) is 1. The van der Waals surface area contributed by atoms with Crippen molar-refractivity contribution in [2.75, 3.05) is 39.5 Å². The van der Waals surface area contributed by atoms with Crippen molar-refractivity contribution in [2.45, 2.75) is 32.3 Å². The van der Waals surface area contributed by atoms with E-state index in [-0.39, 0.29) is 12.6 Å². The number of para-hydroxylation sites is 1. The van der Waals surface area contributed by atoms with Crippen LogP contribution >= 0.6 is 0 Å². The number of hydrogen-bond donors (Lipinski definition) is 2. The predicted octanol–water partition coefficient (Wildman–Crippen LogP) is 1.45. The van der Waals surface area contributed by atoms with Gasteiger partial charge in [-0.3, -0.25) is 4.79 Å². The summed E-state index contributed by atoms with van der Waals surface area (Å²) in [6.45, 7) is 4.22. The Bertz CT molecular complexity index is 514. The van der Waals surface area contributed by atoms with Gasteiger partial charge < -0.3 is 24.6 Å². The summed E-state index contributed by atoms with van der Waals surface area (Å²) in [5.74, 6) is 0.638. The second-order valence-corrected chi connectivity index (χ2v) is 6.55. The predicted molar refractivity (Wildman–Crippen MR) is 94.4 cm³/mol. The van der Waals surface area contributed by atoms with Gasteiger partial charge in [-0.1, -0.05) is 18.2 Å². The SMILES string of the molecule is CCOC(=O)C1(CCOc2ccccc2)CCN(C[C@@H](O)CO)CC1. The van der Waals surface area contributed by atoms with E-state index < -0.39 is 11.5 Å². The zero-order chi connectivity index (χ0) is 18.1. The quantitative estimate of drug-likeness (QED) is 0.656. The van der Waals surface area contributed by atoms with Crippen molar-refractivity contribution in [3.05, 3.63) is 30.3 Å². The highest BCUT2D eigenvalue weighted by Gasteiger charge is 2.42. The molecular formula is C19H29NO5. The lowest BCUT2D eigenvalue weighted by Crippen LogP contribution is -2.48. The van der Waals surface area contributed by atoms with E-state index in [1.165, 1.54) is 0 Å². The Morgan fingerprint density at radius 2 is 1.96 bits per heavy atom. The Kier molecular flexibility index (Phi) is 7.68. The number of carbonyl (C=O) groups is 1. The molecule has 2 rings (SSSR count). The van der Waals surface area contributed by atoms with Crippen LogP contribution < -0.4 is 4.74 Å². The Morgan fingerprint density at radius 1 is 1.28 bits per heavy atom. The largest absolute Gasteiger partial charge is 0.494 e. The number of piperidine rings is 1. The molecule has 0 amide bonds. The molecule has 0 aromatic heterocycles. The van der Waals surface area contributed by atoms with Crippen molar-refractivity contribution in [2.24, 2.45) is 5.41 Å². The topological polar surface area (TPSA) is 79.2 Å². The minimum absolute atomic E-state index is 0.158. The number of aliphatic hydroxyl groups excluding tert-OH is 2. The Labute approximate surface area is 149 Å². The lowest BCUT2D eigenvalue weighted by atomic mass is 9.75. The fourth-order valence-corrected chi connectivity index (χ4v) is 3.24. The first-order chi connectivity index (χ1) is 12.1. The van der Waals surface area contributed by atoms with E-state index in [0.717, 1.165) is 5.75 Å². The highest BCUT2D eigenvalue weighted by Crippen LogP contribution is 2.36. The van der Waals surface area contributed by atoms with Crippen molar-refractivity contribution >= 4 is 5.97 Å². The van der Waals surface area contributed by atoms with Crippen LogP contribution in [0.25, 0.3) is 0 Å². The highest BCUT2D eigenvalue weighted by atomic mass is 16.5. The lowest BCUT2D eigenvalue weighted by molar-refractivity contribution is -0.160. The van der Waals surface area contributed by atoms with Crippen LogP contribution in [0.2, 0.25) is 0 Å². The summed E-state index contributed by atoms with van der Waals surface area (Å²) in [4.78, 5) is 14.6. The summed E-state index contributed by atoms with van der Waals surface area (Å²) in [7, 11) is 0. The molecule has 0 bridgehead atoms. The van der Waals surface area contributed by atoms with E-state index >= 15 is 0 Å². The molecule has 0 saturated carbocycles. The van der Waals surface area contributed by atoms with Crippen molar-refractivity contribution < 1.29 is 24.5 Å². The van der Waals surface area contributed by atoms with Gasteiger partial charge in [0.1, 0.15) is 5.75 Å². The number of aliphatic hydroxyl groups is 2. The Balaban J connectivity index is 1.92. The van der Waals surface area contributed by atoms with Gasteiger partial charge in [0.25, 0.3) is 0 Å². The molecule has 0 aliphatic carbocycles. The number of benzene rings is 1. The fraction of sp³-hybridized carbons (Fsp3) is 0.632. The second-order valence-electron chi connectivity index (χ2n) is 6.55. The van der Waals surface area contributed by atoms with Gasteiger partial charge in [0, 0.05) is 6.54 Å². The molecule has 0 radical (unpaired) electrons. The van der Waals surface area contributed by atoms with Gasteiger partial charge in [0.2, 0.25) is 0 Å². The van der Waals surface area contributed by atoms with Gasteiger partial charge in [-0.15, -0.1) is 0 Å². The summed E-state index contributed by atoms with van der Waals surface area (Å²) < 4.78 is 11.1. The molecular weight excluding hydrogens is 322 g/mol. The number of nitrogens with zero attached hydrogens (tertiary/aromatic N) is 1. The van der Waals surface area contributed by atoms with E-state index in [1.54, 1.807) is 0 Å². The van der Waals surface area contributed by atoms with Crippen LogP contribution in [0.1, 0.15) is 26.2 Å². The molecule has 2 N–H and O–H groups in total. The standard InChI is InChI=1S/C19H29NO5/c1-2-24-18(23)19(10-13-25-17-6-4-3-5-7-17)8-11-20(12-9-19)14-16(22)15-21/h3-7,16,21-22H,2,8-15H2,1H3/t16-/m1/s1. The summed E-state index contributed by atoms with van der Waals surface area (Å²) in [5, 5.41) is 18.6. The normalized spacial score (nSPS) is 18.5. The monoisotopic (exact) mass is 351 g/mol. The molecule has 25 heavy (non-hydrogen) atoms. The maximum absolute atomic E-state index is 12.6. The molecule has 1 aliphatic rings. The lowest BCUT2D eigenvalue weighted by Gasteiger charge is -2.40. The molecule has 6 heteroatoms. The van der Waals surface area contributed by atoms with Crippen LogP contribution in [0.3, 0.4) is 0 Å². The van der Waals surface area contributed by atoms with Gasteiger partial charge >= 0.3 is 5.97 Å². The molecule has 1 heterocycles. The van der Waals surface area contributed by atoms with Crippen LogP contribution in [-0.4, -0.2) is 66.6 Å². The zero-order valence-electron chi connectivity index (χ0n) is 14.9. The molecule has 1 fully saturated rings. The number of ether oxygens (including phenoxy) is 2. The minimum atomic E-state index is -0.739. The molecule has 1 aliphatic heterocycles. The zero-order valence-corrected chi connectivity index (χ0v) is 14.9. The minimum Gasteiger partial charge on any atom is -0.494 e. The summed E-state index contributed by atoms with van der Waals surface area (Å²) in [6, 6.07) is 9.57. The molecule has 140 valence electrons. The summed E-state index contributed by atoms with van der Waals surface area (Å²) in [5.41, 5.74) is -0.536. The Hall–Kier alpha value is -1.63. The molecule has 0 unspecified atom stereocenters. The number of esters is 1. The number of rotatable bonds is 9. The van der Waals surface area contributed by atoms with Gasteiger partial charge in [-0.2, -0.15) is 0 Å². The number of carbonyl (C=O) groups excluding carboxylic acids is 1. The highest BCUT2D eigenvalue weighted by molar-refractivity contribution is 5.77. The molecule has 6 nitrogen and oxygen atoms in total. The van der Waals surface area contributed by atoms with Crippen molar-refractivity contribution in [3.63, 3.8) is 0 Å². The molecule has 1 aromatic carbocycles. The third kappa shape index (κ3) is 5.70. The van der Waals surface area contributed by atoms with Crippen molar-refractivity contribution in [3.8, 4) is 5.75 Å². The summed E-state index contributed by atoms with van der Waals surface area (Å²) in [6.07, 6.45) is 1.21. The van der Waals surface area contributed by atoms with Crippen LogP contribution in [0.5, 0.6) is 5.75 Å². The van der Waals surface area contributed by atoms with Crippen LogP contribution in [0.15, 0.2) is 30.3 Å². The van der Waals surface area contributed by atoms with E-state index in [2.05, 4.69) is 4.90 Å². The van der Waals surface area contributed by atoms with Crippen LogP contribution in [0, 0.1) is 5.41 Å². The molecule has 1 atom stereocenters. The Morgan fingerprint density at radius 3 is 2.56 bits per heavy atom. The first-order valence-corrected chi connectivity index (χ1v) is 8.96. The third-order valence-corrected chi connectivity index (χ3v) is 4.79. The van der Waals surface area contributed by atoms with Crippen LogP contribution in [0.4, 0.5) is 0 Å². The molecule has 1 aromatic rings. The van der Waals surface area contributed by atoms with Gasteiger partial charge in [-0.05, 0) is 51.4 Å². The van der Waals surface area contributed by atoms with E-state index in [1.807, 2.05) is 37.3 Å². The van der Waals surface area contributed by atoms with E-state index in [0.29, 0.717) is 52.1 Å². The van der Waals surface area contributed by atoms with Gasteiger partial charge in [-0.25, -0.2) is 0 Å². The third-order valence-electron chi connectivity index (χ3n) is 4.79. The average Bonchev–Trinajstić information content (AvgIpc) is 2.64. The van der Waals surface area contributed by atoms with E-state index in [9.17, 15) is 9.90 Å². The van der Waals surface area contributed by atoms with E-state index in [4.69, 9.17) is 14.6 Å².